The van der Waals surface area contributed by atoms with Crippen LogP contribution in [0.4, 0.5) is 0 Å². The highest BCUT2D eigenvalue weighted by Gasteiger charge is 2.31. The smallest absolute Gasteiger partial charge is 0.326 e. The number of nitrogens with one attached hydrogen (secondary N) is 3. The van der Waals surface area contributed by atoms with Crippen molar-refractivity contribution in [3.8, 4) is 0 Å². The van der Waals surface area contributed by atoms with Crippen LogP contribution < -0.4 is 16.4 Å². The van der Waals surface area contributed by atoms with Gasteiger partial charge in [0.15, 0.2) is 0 Å². The molecule has 34 heavy (non-hydrogen) atoms. The third kappa shape index (κ3) is 6.23. The van der Waals surface area contributed by atoms with Gasteiger partial charge in [-0.3, -0.25) is 9.59 Å². The first kappa shape index (κ1) is 25.0. The van der Waals surface area contributed by atoms with Crippen molar-refractivity contribution < 1.29 is 19.5 Å². The van der Waals surface area contributed by atoms with Crippen LogP contribution in [0.15, 0.2) is 60.8 Å². The van der Waals surface area contributed by atoms with E-state index in [4.69, 9.17) is 5.73 Å². The average Bonchev–Trinajstić information content (AvgIpc) is 3.24. The molecule has 0 aliphatic heterocycles. The van der Waals surface area contributed by atoms with Gasteiger partial charge in [-0.05, 0) is 29.5 Å². The van der Waals surface area contributed by atoms with Gasteiger partial charge in [0, 0.05) is 23.5 Å². The summed E-state index contributed by atoms with van der Waals surface area (Å²) in [4.78, 5) is 41.1. The molecule has 180 valence electrons. The Balaban J connectivity index is 1.81. The van der Waals surface area contributed by atoms with E-state index in [9.17, 15) is 19.5 Å². The molecule has 2 aromatic carbocycles. The number of hydrogen-bond donors (Lipinski definition) is 5. The van der Waals surface area contributed by atoms with E-state index in [1.165, 1.54) is 0 Å². The van der Waals surface area contributed by atoms with Crippen molar-refractivity contribution in [3.63, 3.8) is 0 Å². The van der Waals surface area contributed by atoms with Crippen molar-refractivity contribution in [2.75, 3.05) is 0 Å². The lowest BCUT2D eigenvalue weighted by molar-refractivity contribution is -0.143. The van der Waals surface area contributed by atoms with E-state index < -0.39 is 35.9 Å². The second-order valence-corrected chi connectivity index (χ2v) is 8.63. The monoisotopic (exact) mass is 464 g/mol. The molecule has 1 aromatic heterocycles. The fourth-order valence-electron chi connectivity index (χ4n) is 3.91. The molecule has 1 heterocycles. The molecule has 0 radical (unpaired) electrons. The highest BCUT2D eigenvalue weighted by Crippen LogP contribution is 2.19. The van der Waals surface area contributed by atoms with E-state index >= 15 is 0 Å². The summed E-state index contributed by atoms with van der Waals surface area (Å²) < 4.78 is 0. The summed E-state index contributed by atoms with van der Waals surface area (Å²) in [6.45, 7) is 3.63. The van der Waals surface area contributed by atoms with Crippen LogP contribution in [0.25, 0.3) is 10.9 Å². The zero-order valence-electron chi connectivity index (χ0n) is 19.5. The lowest BCUT2D eigenvalue weighted by Gasteiger charge is -2.25. The molecule has 0 bridgehead atoms. The van der Waals surface area contributed by atoms with Gasteiger partial charge in [-0.15, -0.1) is 0 Å². The van der Waals surface area contributed by atoms with Crippen molar-refractivity contribution in [1.29, 1.82) is 0 Å². The molecule has 3 rings (SSSR count). The van der Waals surface area contributed by atoms with Crippen LogP contribution in [0.1, 0.15) is 31.4 Å². The number of carboxylic acids is 1. The van der Waals surface area contributed by atoms with Gasteiger partial charge >= 0.3 is 5.97 Å². The Labute approximate surface area is 198 Å². The molecule has 0 saturated carbocycles. The lowest BCUT2D eigenvalue weighted by Crippen LogP contribution is -2.56. The predicted octanol–water partition coefficient (Wildman–Crippen LogP) is 2.38. The molecule has 0 fully saturated rings. The normalized spacial score (nSPS) is 14.7. The molecule has 0 aliphatic rings. The third-order valence-corrected chi connectivity index (χ3v) is 6.14. The molecule has 2 amide bonds. The van der Waals surface area contributed by atoms with Crippen molar-refractivity contribution in [2.24, 2.45) is 11.7 Å². The minimum absolute atomic E-state index is 0.187. The Morgan fingerprint density at radius 2 is 1.65 bits per heavy atom. The minimum atomic E-state index is -1.11. The number of benzene rings is 2. The van der Waals surface area contributed by atoms with Crippen LogP contribution in [0.3, 0.4) is 0 Å². The van der Waals surface area contributed by atoms with Crippen LogP contribution in [-0.4, -0.2) is 46.0 Å². The summed E-state index contributed by atoms with van der Waals surface area (Å²) in [6, 6.07) is 14.1. The van der Waals surface area contributed by atoms with Gasteiger partial charge in [-0.2, -0.15) is 0 Å². The molecule has 0 saturated heterocycles. The number of H-pyrrole nitrogens is 1. The Kier molecular flexibility index (Phi) is 8.43. The number of carboxylic acid groups (broad SMARTS) is 1. The van der Waals surface area contributed by atoms with E-state index in [2.05, 4.69) is 15.6 Å². The number of amides is 2. The number of rotatable bonds is 11. The second-order valence-electron chi connectivity index (χ2n) is 8.63. The van der Waals surface area contributed by atoms with Gasteiger partial charge in [0.25, 0.3) is 0 Å². The van der Waals surface area contributed by atoms with E-state index in [0.29, 0.717) is 12.8 Å². The first-order chi connectivity index (χ1) is 16.3. The van der Waals surface area contributed by atoms with Gasteiger partial charge < -0.3 is 26.5 Å². The van der Waals surface area contributed by atoms with Crippen molar-refractivity contribution in [3.05, 3.63) is 71.9 Å². The summed E-state index contributed by atoms with van der Waals surface area (Å²) >= 11 is 0. The number of carbonyl (C=O) groups excluding carboxylic acids is 2. The molecule has 8 heteroatoms. The van der Waals surface area contributed by atoms with Gasteiger partial charge in [0.1, 0.15) is 12.1 Å². The zero-order valence-corrected chi connectivity index (χ0v) is 19.5. The second kappa shape index (κ2) is 11.5. The molecule has 0 spiro atoms. The number of nitrogens with two attached hydrogens (primary N) is 1. The molecule has 8 nitrogen and oxygen atoms in total. The van der Waals surface area contributed by atoms with E-state index in [1.807, 2.05) is 61.5 Å². The van der Waals surface area contributed by atoms with Crippen LogP contribution >= 0.6 is 0 Å². The van der Waals surface area contributed by atoms with Crippen LogP contribution in [0.2, 0.25) is 0 Å². The molecule has 0 aliphatic carbocycles. The van der Waals surface area contributed by atoms with Gasteiger partial charge in [-0.25, -0.2) is 4.79 Å². The number of aliphatic carboxylic acids is 1. The largest absolute Gasteiger partial charge is 0.480 e. The number of hydrogen-bond acceptors (Lipinski definition) is 4. The van der Waals surface area contributed by atoms with Gasteiger partial charge in [0.05, 0.1) is 6.04 Å². The van der Waals surface area contributed by atoms with Crippen molar-refractivity contribution in [1.82, 2.24) is 15.6 Å². The predicted molar refractivity (Wildman–Crippen MR) is 131 cm³/mol. The van der Waals surface area contributed by atoms with Crippen molar-refractivity contribution >= 4 is 28.7 Å². The fraction of sp³-hybridized carbons (Fsp3) is 0.346. The highest BCUT2D eigenvalue weighted by atomic mass is 16.4. The Morgan fingerprint density at radius 1 is 0.971 bits per heavy atom. The third-order valence-electron chi connectivity index (χ3n) is 6.14. The molecular weight excluding hydrogens is 432 g/mol. The molecule has 4 atom stereocenters. The fourth-order valence-corrected chi connectivity index (χ4v) is 3.91. The Bertz CT molecular complexity index is 1130. The lowest BCUT2D eigenvalue weighted by atomic mass is 9.97. The summed E-state index contributed by atoms with van der Waals surface area (Å²) in [7, 11) is 0. The maximum absolute atomic E-state index is 13.2. The topological polar surface area (TPSA) is 137 Å². The number of para-hydroxylation sites is 1. The number of aromatic amines is 1. The quantitative estimate of drug-likeness (QED) is 0.297. The molecule has 3 aromatic rings. The number of aromatic nitrogens is 1. The molecule has 4 unspecified atom stereocenters. The van der Waals surface area contributed by atoms with E-state index in [-0.39, 0.29) is 12.3 Å². The molecular formula is C26H32N4O4. The maximum atomic E-state index is 13.2. The Hall–Kier alpha value is -3.65. The highest BCUT2D eigenvalue weighted by molar-refractivity contribution is 5.93. The standard InChI is InChI=1S/C26H32N4O4/c1-3-16(2)23(26(33)34)30-25(32)22(14-18-15-28-21-12-8-7-11-19(18)21)29-24(31)20(27)13-17-9-5-4-6-10-17/h4-12,15-16,20,22-23,28H,3,13-14,27H2,1-2H3,(H,29,31)(H,30,32)(H,33,34). The van der Waals surface area contributed by atoms with Crippen LogP contribution in [-0.2, 0) is 27.2 Å². The van der Waals surface area contributed by atoms with Crippen LogP contribution in [0, 0.1) is 5.92 Å². The van der Waals surface area contributed by atoms with Crippen molar-refractivity contribution in [2.45, 2.75) is 51.2 Å². The Morgan fingerprint density at radius 3 is 2.32 bits per heavy atom. The zero-order chi connectivity index (χ0) is 24.7. The minimum Gasteiger partial charge on any atom is -0.480 e. The maximum Gasteiger partial charge on any atom is 0.326 e. The van der Waals surface area contributed by atoms with E-state index in [0.717, 1.165) is 22.0 Å². The summed E-state index contributed by atoms with van der Waals surface area (Å²) in [6.07, 6.45) is 2.88. The average molecular weight is 465 g/mol. The summed E-state index contributed by atoms with van der Waals surface area (Å²) in [5.41, 5.74) is 8.79. The van der Waals surface area contributed by atoms with Gasteiger partial charge in [-0.1, -0.05) is 68.8 Å². The van der Waals surface area contributed by atoms with Gasteiger partial charge in [0.2, 0.25) is 11.8 Å². The number of carbonyl (C=O) groups is 3. The summed E-state index contributed by atoms with van der Waals surface area (Å²) in [5.74, 6) is -2.41. The first-order valence-electron chi connectivity index (χ1n) is 11.5. The van der Waals surface area contributed by atoms with E-state index in [1.54, 1.807) is 13.1 Å². The SMILES string of the molecule is CCC(C)C(NC(=O)C(Cc1c[nH]c2ccccc12)NC(=O)C(N)Cc1ccccc1)C(=O)O. The summed E-state index contributed by atoms with van der Waals surface area (Å²) in [5, 5.41) is 15.9. The number of fused-ring (bicyclic) bond motifs is 1. The van der Waals surface area contributed by atoms with Crippen LogP contribution in [0.5, 0.6) is 0 Å². The molecule has 6 N–H and O–H groups in total. The first-order valence-corrected chi connectivity index (χ1v) is 11.5.